The van der Waals surface area contributed by atoms with Crippen LogP contribution in [-0.2, 0) is 4.79 Å². The largest absolute Gasteiger partial charge is 0.310 e. The van der Waals surface area contributed by atoms with Crippen LogP contribution in [0.1, 0.15) is 25.7 Å². The molecule has 0 saturated heterocycles. The van der Waals surface area contributed by atoms with Crippen molar-refractivity contribution < 1.29 is 4.79 Å². The first kappa shape index (κ1) is 18.1. The van der Waals surface area contributed by atoms with E-state index in [1.807, 2.05) is 24.0 Å². The summed E-state index contributed by atoms with van der Waals surface area (Å²) in [5.41, 5.74) is 2.97. The van der Waals surface area contributed by atoms with Gasteiger partial charge in [-0.2, -0.15) is 0 Å². The predicted octanol–water partition coefficient (Wildman–Crippen LogP) is 4.42. The summed E-state index contributed by atoms with van der Waals surface area (Å²) < 4.78 is 0. The minimum Gasteiger partial charge on any atom is -0.310 e. The van der Waals surface area contributed by atoms with Gasteiger partial charge in [0.15, 0.2) is 0 Å². The molecule has 27 heavy (non-hydrogen) atoms. The third-order valence-corrected chi connectivity index (χ3v) is 6.31. The minimum atomic E-state index is 0.0854. The van der Waals surface area contributed by atoms with E-state index in [9.17, 15) is 4.79 Å². The topological polar surface area (TPSA) is 58.1 Å². The first-order chi connectivity index (χ1) is 13.1. The summed E-state index contributed by atoms with van der Waals surface area (Å²) in [7, 11) is 4.23. The second kappa shape index (κ2) is 7.74. The Kier molecular flexibility index (Phi) is 5.18. The van der Waals surface area contributed by atoms with Gasteiger partial charge in [0.05, 0.1) is 10.4 Å². The smallest absolute Gasteiger partial charge is 0.228 e. The number of rotatable bonds is 4. The second-order valence-corrected chi connectivity index (χ2v) is 8.34. The highest BCUT2D eigenvalue weighted by molar-refractivity contribution is 7.13. The molecule has 1 N–H and O–H groups in total. The number of anilines is 1. The number of amides is 1. The average Bonchev–Trinajstić information content (AvgIpc) is 3.22. The number of pyridine rings is 1. The fourth-order valence-electron chi connectivity index (χ4n) is 3.80. The van der Waals surface area contributed by atoms with E-state index in [2.05, 4.69) is 52.5 Å². The first-order valence-electron chi connectivity index (χ1n) is 9.36. The number of aromatic nitrogens is 2. The molecule has 0 unspecified atom stereocenters. The van der Waals surface area contributed by atoms with Gasteiger partial charge < -0.3 is 10.2 Å². The van der Waals surface area contributed by atoms with Crippen LogP contribution >= 0.6 is 11.3 Å². The van der Waals surface area contributed by atoms with Crippen LogP contribution in [0.25, 0.3) is 21.2 Å². The molecule has 1 saturated carbocycles. The van der Waals surface area contributed by atoms with Crippen molar-refractivity contribution in [2.24, 2.45) is 5.92 Å². The second-order valence-electron chi connectivity index (χ2n) is 7.46. The lowest BCUT2D eigenvalue weighted by atomic mass is 9.85. The normalized spacial score (nSPS) is 20.1. The zero-order valence-corrected chi connectivity index (χ0v) is 16.5. The molecule has 1 aliphatic rings. The maximum absolute atomic E-state index is 12.7. The van der Waals surface area contributed by atoms with Crippen LogP contribution in [0.3, 0.4) is 0 Å². The molecule has 1 fully saturated rings. The summed E-state index contributed by atoms with van der Waals surface area (Å²) in [6, 6.07) is 8.83. The summed E-state index contributed by atoms with van der Waals surface area (Å²) in [5, 5.41) is 5.16. The number of fused-ring (bicyclic) bond motifs is 1. The molecule has 0 bridgehead atoms. The SMILES string of the molecule is CN(C)[C@H]1CC[C@H](C(=O)Nc2cc3cc(-c4cncs4)ccc3cn2)CC1. The summed E-state index contributed by atoms with van der Waals surface area (Å²) >= 11 is 1.62. The summed E-state index contributed by atoms with van der Waals surface area (Å²) in [5.74, 6) is 0.809. The maximum atomic E-state index is 12.7. The van der Waals surface area contributed by atoms with E-state index >= 15 is 0 Å². The Labute approximate surface area is 163 Å². The monoisotopic (exact) mass is 380 g/mol. The molecule has 1 aromatic carbocycles. The highest BCUT2D eigenvalue weighted by atomic mass is 32.1. The lowest BCUT2D eigenvalue weighted by Gasteiger charge is -2.31. The highest BCUT2D eigenvalue weighted by Gasteiger charge is 2.27. The number of thiazole rings is 1. The number of hydrogen-bond acceptors (Lipinski definition) is 5. The molecule has 1 amide bonds. The summed E-state index contributed by atoms with van der Waals surface area (Å²) in [6.45, 7) is 0. The maximum Gasteiger partial charge on any atom is 0.228 e. The molecule has 2 heterocycles. The first-order valence-corrected chi connectivity index (χ1v) is 10.2. The molecular weight excluding hydrogens is 356 g/mol. The lowest BCUT2D eigenvalue weighted by Crippen LogP contribution is -2.35. The van der Waals surface area contributed by atoms with Gasteiger partial charge >= 0.3 is 0 Å². The Hall–Kier alpha value is -2.31. The van der Waals surface area contributed by atoms with Crippen LogP contribution in [0.4, 0.5) is 5.82 Å². The van der Waals surface area contributed by atoms with Gasteiger partial charge in [0.1, 0.15) is 5.82 Å². The number of carbonyl (C=O) groups is 1. The Balaban J connectivity index is 1.48. The van der Waals surface area contributed by atoms with Crippen LogP contribution in [0.2, 0.25) is 0 Å². The van der Waals surface area contributed by atoms with E-state index in [0.29, 0.717) is 11.9 Å². The third-order valence-electron chi connectivity index (χ3n) is 5.49. The fourth-order valence-corrected chi connectivity index (χ4v) is 4.42. The van der Waals surface area contributed by atoms with Crippen molar-refractivity contribution >= 4 is 33.8 Å². The van der Waals surface area contributed by atoms with E-state index in [-0.39, 0.29) is 11.8 Å². The number of benzene rings is 1. The molecule has 3 aromatic rings. The molecule has 4 rings (SSSR count). The highest BCUT2D eigenvalue weighted by Crippen LogP contribution is 2.29. The van der Waals surface area contributed by atoms with Crippen LogP contribution in [0.15, 0.2) is 42.2 Å². The zero-order valence-electron chi connectivity index (χ0n) is 15.7. The zero-order chi connectivity index (χ0) is 18.8. The number of nitrogens with one attached hydrogen (secondary N) is 1. The van der Waals surface area contributed by atoms with Gasteiger partial charge in [-0.1, -0.05) is 12.1 Å². The molecule has 5 nitrogen and oxygen atoms in total. The van der Waals surface area contributed by atoms with Crippen molar-refractivity contribution in [3.05, 3.63) is 42.2 Å². The molecule has 1 aliphatic carbocycles. The van der Waals surface area contributed by atoms with Gasteiger partial charge in [-0.05, 0) is 62.9 Å². The minimum absolute atomic E-state index is 0.0854. The van der Waals surface area contributed by atoms with E-state index < -0.39 is 0 Å². The van der Waals surface area contributed by atoms with Crippen molar-refractivity contribution in [1.29, 1.82) is 0 Å². The number of hydrogen-bond donors (Lipinski definition) is 1. The van der Waals surface area contributed by atoms with Gasteiger partial charge in [0.25, 0.3) is 0 Å². The van der Waals surface area contributed by atoms with Crippen molar-refractivity contribution in [3.8, 4) is 10.4 Å². The van der Waals surface area contributed by atoms with E-state index in [1.165, 1.54) is 0 Å². The van der Waals surface area contributed by atoms with E-state index in [0.717, 1.165) is 46.9 Å². The number of nitrogens with zero attached hydrogens (tertiary/aromatic N) is 3. The molecular formula is C21H24N4OS. The molecule has 0 aliphatic heterocycles. The molecule has 140 valence electrons. The standard InChI is InChI=1S/C21H24N4OS/c1-25(2)18-7-5-14(6-8-18)21(26)24-20-10-17-9-15(19-12-22-13-27-19)3-4-16(17)11-23-20/h3-4,9-14,18H,5-8H2,1-2H3,(H,23,24,26)/t14-,18-. The van der Waals surface area contributed by atoms with Crippen molar-refractivity contribution in [3.63, 3.8) is 0 Å². The summed E-state index contributed by atoms with van der Waals surface area (Å²) in [4.78, 5) is 24.6. The van der Waals surface area contributed by atoms with Crippen LogP contribution in [0, 0.1) is 5.92 Å². The molecule has 0 radical (unpaired) electrons. The Bertz CT molecular complexity index is 931. The van der Waals surface area contributed by atoms with Crippen LogP contribution in [-0.4, -0.2) is 40.9 Å². The molecule has 0 atom stereocenters. The lowest BCUT2D eigenvalue weighted by molar-refractivity contribution is -0.121. The predicted molar refractivity (Wildman–Crippen MR) is 111 cm³/mol. The van der Waals surface area contributed by atoms with Gasteiger partial charge in [-0.15, -0.1) is 11.3 Å². The number of carbonyl (C=O) groups excluding carboxylic acids is 1. The fraction of sp³-hybridized carbons (Fsp3) is 0.381. The van der Waals surface area contributed by atoms with Crippen molar-refractivity contribution in [2.75, 3.05) is 19.4 Å². The third kappa shape index (κ3) is 4.01. The van der Waals surface area contributed by atoms with Gasteiger partial charge in [0.2, 0.25) is 5.91 Å². The van der Waals surface area contributed by atoms with Gasteiger partial charge in [-0.3, -0.25) is 9.78 Å². The van der Waals surface area contributed by atoms with Gasteiger partial charge in [-0.25, -0.2) is 4.98 Å². The van der Waals surface area contributed by atoms with E-state index in [4.69, 9.17) is 0 Å². The molecule has 2 aromatic heterocycles. The molecule has 6 heteroatoms. The van der Waals surface area contributed by atoms with Gasteiger partial charge in [0, 0.05) is 29.7 Å². The average molecular weight is 381 g/mol. The van der Waals surface area contributed by atoms with Crippen LogP contribution in [0.5, 0.6) is 0 Å². The Morgan fingerprint density at radius 2 is 1.93 bits per heavy atom. The van der Waals surface area contributed by atoms with Crippen LogP contribution < -0.4 is 5.32 Å². The van der Waals surface area contributed by atoms with E-state index in [1.54, 1.807) is 11.3 Å². The molecule has 0 spiro atoms. The summed E-state index contributed by atoms with van der Waals surface area (Å²) in [6.07, 6.45) is 7.74. The Morgan fingerprint density at radius 1 is 1.11 bits per heavy atom. The Morgan fingerprint density at radius 3 is 2.63 bits per heavy atom. The quantitative estimate of drug-likeness (QED) is 0.728. The van der Waals surface area contributed by atoms with Crippen molar-refractivity contribution in [2.45, 2.75) is 31.7 Å². The van der Waals surface area contributed by atoms with Crippen molar-refractivity contribution in [1.82, 2.24) is 14.9 Å².